The predicted octanol–water partition coefficient (Wildman–Crippen LogP) is 3.94. The van der Waals surface area contributed by atoms with E-state index in [1.807, 2.05) is 6.07 Å². The summed E-state index contributed by atoms with van der Waals surface area (Å²) >= 11 is 0. The summed E-state index contributed by atoms with van der Waals surface area (Å²) in [6.45, 7) is 1.74. The molecule has 0 aliphatic heterocycles. The highest BCUT2D eigenvalue weighted by Crippen LogP contribution is 2.30. The van der Waals surface area contributed by atoms with Gasteiger partial charge in [0.25, 0.3) is 15.9 Å². The summed E-state index contributed by atoms with van der Waals surface area (Å²) < 4.78 is 43.8. The first-order valence-electron chi connectivity index (χ1n) is 10.2. The summed E-state index contributed by atoms with van der Waals surface area (Å²) in [6.07, 6.45) is 0. The Balaban J connectivity index is 1.79. The van der Waals surface area contributed by atoms with Crippen molar-refractivity contribution < 1.29 is 27.4 Å². The number of sulfonamides is 1. The average Bonchev–Trinajstić information content (AvgIpc) is 2.84. The highest BCUT2D eigenvalue weighted by molar-refractivity contribution is 7.92. The fourth-order valence-electron chi connectivity index (χ4n) is 3.17. The van der Waals surface area contributed by atoms with Gasteiger partial charge in [0.15, 0.2) is 6.61 Å². The third-order valence-electron chi connectivity index (χ3n) is 4.79. The van der Waals surface area contributed by atoms with Crippen molar-refractivity contribution in [1.29, 1.82) is 0 Å². The van der Waals surface area contributed by atoms with Crippen LogP contribution in [0.25, 0.3) is 0 Å². The molecule has 8 nitrogen and oxygen atoms in total. The van der Waals surface area contributed by atoms with E-state index in [0.29, 0.717) is 22.9 Å². The topological polar surface area (TPSA) is 94.2 Å². The molecule has 33 heavy (non-hydrogen) atoms. The molecule has 3 rings (SSSR count). The summed E-state index contributed by atoms with van der Waals surface area (Å²) in [7, 11) is -0.866. The maximum absolute atomic E-state index is 13.3. The minimum atomic E-state index is -3.87. The van der Waals surface area contributed by atoms with E-state index < -0.39 is 15.9 Å². The van der Waals surface area contributed by atoms with Gasteiger partial charge in [-0.25, -0.2) is 8.42 Å². The van der Waals surface area contributed by atoms with E-state index in [1.165, 1.54) is 29.6 Å². The Kier molecular flexibility index (Phi) is 7.78. The maximum Gasteiger partial charge on any atom is 0.264 e. The van der Waals surface area contributed by atoms with Crippen LogP contribution in [0.2, 0.25) is 0 Å². The number of methoxy groups -OCH3 is 2. The first-order chi connectivity index (χ1) is 15.9. The van der Waals surface area contributed by atoms with Crippen LogP contribution in [0.1, 0.15) is 6.92 Å². The lowest BCUT2D eigenvalue weighted by atomic mass is 10.3. The maximum atomic E-state index is 13.3. The molecule has 3 aromatic carbocycles. The second kappa shape index (κ2) is 10.7. The van der Waals surface area contributed by atoms with Crippen LogP contribution in [0, 0.1) is 0 Å². The number of rotatable bonds is 10. The van der Waals surface area contributed by atoms with Crippen LogP contribution in [0.3, 0.4) is 0 Å². The van der Waals surface area contributed by atoms with Crippen molar-refractivity contribution in [2.45, 2.75) is 11.8 Å². The largest absolute Gasteiger partial charge is 0.497 e. The second-order valence-electron chi connectivity index (χ2n) is 6.88. The van der Waals surface area contributed by atoms with Gasteiger partial charge in [0.1, 0.15) is 17.2 Å². The van der Waals surface area contributed by atoms with Crippen molar-refractivity contribution >= 4 is 27.3 Å². The summed E-state index contributed by atoms with van der Waals surface area (Å²) in [5.41, 5.74) is 0.778. The number of hydrogen-bond acceptors (Lipinski definition) is 6. The van der Waals surface area contributed by atoms with Crippen LogP contribution in [-0.4, -0.2) is 41.7 Å². The summed E-state index contributed by atoms with van der Waals surface area (Å²) in [6, 6.07) is 20.0. The van der Waals surface area contributed by atoms with Crippen LogP contribution in [0.4, 0.5) is 11.4 Å². The molecule has 0 aromatic heterocycles. The highest BCUT2D eigenvalue weighted by Gasteiger charge is 2.25. The second-order valence-corrected chi connectivity index (χ2v) is 8.74. The minimum absolute atomic E-state index is 0.0281. The molecule has 0 saturated carbocycles. The van der Waals surface area contributed by atoms with Crippen molar-refractivity contribution in [3.8, 4) is 17.2 Å². The Morgan fingerprint density at radius 3 is 2.18 bits per heavy atom. The van der Waals surface area contributed by atoms with Crippen LogP contribution < -0.4 is 23.8 Å². The Bertz CT molecular complexity index is 1180. The molecular weight excluding hydrogens is 444 g/mol. The molecule has 0 bridgehead atoms. The molecule has 3 aromatic rings. The first kappa shape index (κ1) is 23.9. The summed E-state index contributed by atoms with van der Waals surface area (Å²) in [5, 5.41) is 2.67. The third-order valence-corrected chi connectivity index (χ3v) is 6.69. The molecule has 0 unspecified atom stereocenters. The zero-order chi connectivity index (χ0) is 23.8. The van der Waals surface area contributed by atoms with Gasteiger partial charge in [0.2, 0.25) is 0 Å². The minimum Gasteiger partial charge on any atom is -0.497 e. The molecule has 1 amide bonds. The molecule has 0 spiro atoms. The lowest BCUT2D eigenvalue weighted by molar-refractivity contribution is -0.118. The zero-order valence-electron chi connectivity index (χ0n) is 18.6. The van der Waals surface area contributed by atoms with Gasteiger partial charge in [-0.2, -0.15) is 0 Å². The number of anilines is 2. The summed E-state index contributed by atoms with van der Waals surface area (Å²) in [4.78, 5) is 12.5. The quantitative estimate of drug-likeness (QED) is 0.482. The van der Waals surface area contributed by atoms with Crippen LogP contribution >= 0.6 is 0 Å². The highest BCUT2D eigenvalue weighted by atomic mass is 32.2. The van der Waals surface area contributed by atoms with E-state index in [0.717, 1.165) is 0 Å². The zero-order valence-corrected chi connectivity index (χ0v) is 19.5. The number of benzene rings is 3. The smallest absolute Gasteiger partial charge is 0.264 e. The SMILES string of the molecule is CCN(c1ccccc1)S(=O)(=O)c1ccc(OC)c(NC(=O)COc2ccc(OC)cc2)c1. The monoisotopic (exact) mass is 470 g/mol. The predicted molar refractivity (Wildman–Crippen MR) is 127 cm³/mol. The molecule has 1 N–H and O–H groups in total. The van der Waals surface area contributed by atoms with Gasteiger partial charge < -0.3 is 19.5 Å². The van der Waals surface area contributed by atoms with Gasteiger partial charge in [-0.15, -0.1) is 0 Å². The fraction of sp³-hybridized carbons (Fsp3) is 0.208. The Morgan fingerprint density at radius 2 is 1.58 bits per heavy atom. The number of amides is 1. The number of hydrogen-bond donors (Lipinski definition) is 1. The van der Waals surface area contributed by atoms with Crippen LogP contribution in [0.5, 0.6) is 17.2 Å². The van der Waals surface area contributed by atoms with Gasteiger partial charge in [-0.05, 0) is 61.5 Å². The lowest BCUT2D eigenvalue weighted by Crippen LogP contribution is -2.30. The molecule has 0 aliphatic carbocycles. The van der Waals surface area contributed by atoms with Crippen molar-refractivity contribution in [3.05, 3.63) is 72.8 Å². The molecular formula is C24H26N2O6S. The van der Waals surface area contributed by atoms with Crippen molar-refractivity contribution in [1.82, 2.24) is 0 Å². The number of ether oxygens (including phenoxy) is 3. The van der Waals surface area contributed by atoms with Gasteiger partial charge in [-0.3, -0.25) is 9.10 Å². The molecule has 9 heteroatoms. The average molecular weight is 471 g/mol. The van der Waals surface area contributed by atoms with E-state index >= 15 is 0 Å². The third kappa shape index (κ3) is 5.75. The molecule has 0 saturated heterocycles. The summed E-state index contributed by atoms with van der Waals surface area (Å²) in [5.74, 6) is 1.03. The van der Waals surface area contributed by atoms with Gasteiger partial charge in [-0.1, -0.05) is 18.2 Å². The molecule has 0 fully saturated rings. The number of carbonyl (C=O) groups excluding carboxylic acids is 1. The Morgan fingerprint density at radius 1 is 0.909 bits per heavy atom. The molecule has 174 valence electrons. The van der Waals surface area contributed by atoms with E-state index in [2.05, 4.69) is 5.32 Å². The van der Waals surface area contributed by atoms with Crippen molar-refractivity contribution in [2.24, 2.45) is 0 Å². The molecule has 0 atom stereocenters. The van der Waals surface area contributed by atoms with Crippen LogP contribution in [-0.2, 0) is 14.8 Å². The fourth-order valence-corrected chi connectivity index (χ4v) is 4.67. The standard InChI is InChI=1S/C24H26N2O6S/c1-4-26(18-8-6-5-7-9-18)33(28,29)21-14-15-23(31-3)22(16-21)25-24(27)17-32-20-12-10-19(30-2)11-13-20/h5-16H,4,17H2,1-3H3,(H,25,27). The molecule has 0 aliphatic rings. The van der Waals surface area contributed by atoms with Crippen molar-refractivity contribution in [2.75, 3.05) is 37.0 Å². The van der Waals surface area contributed by atoms with E-state index in [9.17, 15) is 13.2 Å². The Hall–Kier alpha value is -3.72. The van der Waals surface area contributed by atoms with Gasteiger partial charge in [0, 0.05) is 6.54 Å². The van der Waals surface area contributed by atoms with E-state index in [4.69, 9.17) is 14.2 Å². The lowest BCUT2D eigenvalue weighted by Gasteiger charge is -2.23. The normalized spacial score (nSPS) is 10.9. The van der Waals surface area contributed by atoms with Crippen LogP contribution in [0.15, 0.2) is 77.7 Å². The molecule has 0 radical (unpaired) electrons. The number of para-hydroxylation sites is 1. The van der Waals surface area contributed by atoms with E-state index in [1.54, 1.807) is 62.6 Å². The Labute approximate surface area is 193 Å². The number of nitrogens with one attached hydrogen (secondary N) is 1. The van der Waals surface area contributed by atoms with E-state index in [-0.39, 0.29) is 23.7 Å². The number of carbonyl (C=O) groups is 1. The van der Waals surface area contributed by atoms with Gasteiger partial charge in [0.05, 0.1) is 30.5 Å². The molecule has 0 heterocycles. The number of nitrogens with zero attached hydrogens (tertiary/aromatic N) is 1. The van der Waals surface area contributed by atoms with Crippen molar-refractivity contribution in [3.63, 3.8) is 0 Å². The van der Waals surface area contributed by atoms with Gasteiger partial charge >= 0.3 is 0 Å². The first-order valence-corrected chi connectivity index (χ1v) is 11.7.